The molecular weight excluding hydrogens is 338 g/mol. The maximum atomic E-state index is 6.25. The van der Waals surface area contributed by atoms with Gasteiger partial charge in [-0.05, 0) is 49.9 Å². The van der Waals surface area contributed by atoms with Crippen LogP contribution in [-0.2, 0) is 13.0 Å². The topological polar surface area (TPSA) is 14.2 Å². The van der Waals surface area contributed by atoms with Gasteiger partial charge < -0.3 is 4.84 Å². The van der Waals surface area contributed by atoms with Crippen LogP contribution < -0.4 is 4.84 Å². The molecule has 0 aliphatic heterocycles. The third kappa shape index (κ3) is 4.34. The van der Waals surface area contributed by atoms with E-state index in [1.165, 1.54) is 45.1 Å². The smallest absolute Gasteiger partial charge is 0.140 e. The summed E-state index contributed by atoms with van der Waals surface area (Å²) < 4.78 is 2.07. The van der Waals surface area contributed by atoms with Crippen molar-refractivity contribution >= 4 is 11.8 Å². The monoisotopic (exact) mass is 365 g/mol. The highest BCUT2D eigenvalue weighted by Crippen LogP contribution is 2.36. The molecule has 0 saturated heterocycles. The third-order valence-corrected chi connectivity index (χ3v) is 5.88. The van der Waals surface area contributed by atoms with Crippen LogP contribution in [0.2, 0.25) is 0 Å². The van der Waals surface area contributed by atoms with Crippen molar-refractivity contribution in [2.45, 2.75) is 56.4 Å². The second kappa shape index (κ2) is 9.00. The Labute approximate surface area is 161 Å². The van der Waals surface area contributed by atoms with Crippen molar-refractivity contribution in [3.05, 3.63) is 83.2 Å². The molecule has 2 nitrogen and oxygen atoms in total. The highest BCUT2D eigenvalue weighted by molar-refractivity contribution is 7.99. The van der Waals surface area contributed by atoms with Gasteiger partial charge in [0.2, 0.25) is 0 Å². The van der Waals surface area contributed by atoms with Crippen molar-refractivity contribution in [1.82, 2.24) is 4.73 Å². The Morgan fingerprint density at radius 3 is 2.23 bits per heavy atom. The van der Waals surface area contributed by atoms with Gasteiger partial charge in [0.15, 0.2) is 0 Å². The molecule has 0 amide bonds. The van der Waals surface area contributed by atoms with Crippen molar-refractivity contribution < 1.29 is 4.84 Å². The van der Waals surface area contributed by atoms with Crippen LogP contribution in [0.3, 0.4) is 0 Å². The minimum atomic E-state index is 0.588. The van der Waals surface area contributed by atoms with E-state index in [-0.39, 0.29) is 0 Å². The van der Waals surface area contributed by atoms with E-state index < -0.39 is 0 Å². The summed E-state index contributed by atoms with van der Waals surface area (Å²) in [5.74, 6) is 0. The summed E-state index contributed by atoms with van der Waals surface area (Å²) in [6, 6.07) is 21.0. The predicted molar refractivity (Wildman–Crippen MR) is 110 cm³/mol. The van der Waals surface area contributed by atoms with Crippen molar-refractivity contribution in [3.8, 4) is 0 Å². The quantitative estimate of drug-likeness (QED) is 0.470. The number of aromatic nitrogens is 1. The lowest BCUT2D eigenvalue weighted by Crippen LogP contribution is -2.16. The molecule has 0 spiro atoms. The summed E-state index contributed by atoms with van der Waals surface area (Å²) in [6.07, 6.45) is 3.38. The van der Waals surface area contributed by atoms with E-state index in [1.54, 1.807) is 0 Å². The Morgan fingerprint density at radius 2 is 1.58 bits per heavy atom. The average Bonchev–Trinajstić information content (AvgIpc) is 2.90. The molecule has 136 valence electrons. The van der Waals surface area contributed by atoms with Crippen LogP contribution in [-0.4, -0.2) is 4.73 Å². The molecule has 0 atom stereocenters. The molecule has 1 aromatic heterocycles. The summed E-state index contributed by atoms with van der Waals surface area (Å²) >= 11 is 1.85. The molecule has 0 aliphatic rings. The number of hydrogen-bond donors (Lipinski definition) is 0. The van der Waals surface area contributed by atoms with Crippen LogP contribution in [0.1, 0.15) is 42.3 Å². The lowest BCUT2D eigenvalue weighted by atomic mass is 10.2. The molecular formula is C23H27NOS. The molecule has 3 rings (SSSR count). The van der Waals surface area contributed by atoms with E-state index in [2.05, 4.69) is 80.1 Å². The highest BCUT2D eigenvalue weighted by atomic mass is 32.2. The molecule has 0 radical (unpaired) electrons. The van der Waals surface area contributed by atoms with E-state index in [9.17, 15) is 0 Å². The fourth-order valence-corrected chi connectivity index (χ4v) is 4.15. The van der Waals surface area contributed by atoms with Gasteiger partial charge in [-0.3, -0.25) is 0 Å². The summed E-state index contributed by atoms with van der Waals surface area (Å²) in [4.78, 5) is 8.87. The zero-order valence-electron chi connectivity index (χ0n) is 15.9. The third-order valence-electron chi connectivity index (χ3n) is 4.63. The number of nitrogens with zero attached hydrogens (tertiary/aromatic N) is 1. The van der Waals surface area contributed by atoms with Gasteiger partial charge in [0.05, 0.1) is 11.4 Å². The van der Waals surface area contributed by atoms with Gasteiger partial charge in [-0.15, -0.1) is 0 Å². The molecule has 0 unspecified atom stereocenters. The van der Waals surface area contributed by atoms with Crippen LogP contribution in [0.4, 0.5) is 0 Å². The van der Waals surface area contributed by atoms with E-state index in [1.807, 2.05) is 17.8 Å². The molecule has 0 fully saturated rings. The molecule has 2 aromatic carbocycles. The van der Waals surface area contributed by atoms with Gasteiger partial charge in [-0.25, -0.2) is 0 Å². The zero-order valence-corrected chi connectivity index (χ0v) is 16.7. The number of hydrogen-bond acceptors (Lipinski definition) is 2. The Balaban J connectivity index is 1.90. The van der Waals surface area contributed by atoms with Crippen LogP contribution in [0.5, 0.6) is 0 Å². The van der Waals surface area contributed by atoms with Crippen LogP contribution in [0.15, 0.2) is 70.5 Å². The summed E-state index contributed by atoms with van der Waals surface area (Å²) in [5, 5.41) is 0. The van der Waals surface area contributed by atoms with Gasteiger partial charge in [-0.2, -0.15) is 4.73 Å². The van der Waals surface area contributed by atoms with Crippen LogP contribution in [0, 0.1) is 13.8 Å². The van der Waals surface area contributed by atoms with Crippen molar-refractivity contribution in [2.75, 3.05) is 0 Å². The Bertz CT molecular complexity index is 824. The minimum absolute atomic E-state index is 0.588. The Kier molecular flexibility index (Phi) is 6.45. The molecule has 3 heteroatoms. The SMILES string of the molecule is CCCCc1c(Sc2ccccc2)c(C)c(C)n1OCc1ccccc1. The van der Waals surface area contributed by atoms with Gasteiger partial charge >= 0.3 is 0 Å². The normalized spacial score (nSPS) is 10.9. The maximum Gasteiger partial charge on any atom is 0.140 e. The van der Waals surface area contributed by atoms with Crippen molar-refractivity contribution in [2.24, 2.45) is 0 Å². The fraction of sp³-hybridized carbons (Fsp3) is 0.304. The first-order valence-corrected chi connectivity index (χ1v) is 10.1. The largest absolute Gasteiger partial charge is 0.409 e. The molecule has 26 heavy (non-hydrogen) atoms. The minimum Gasteiger partial charge on any atom is -0.409 e. The van der Waals surface area contributed by atoms with Crippen molar-refractivity contribution in [1.29, 1.82) is 0 Å². The maximum absolute atomic E-state index is 6.25. The summed E-state index contributed by atoms with van der Waals surface area (Å²) in [5.41, 5.74) is 5.01. The van der Waals surface area contributed by atoms with E-state index >= 15 is 0 Å². The lowest BCUT2D eigenvalue weighted by molar-refractivity contribution is 0.0863. The standard InChI is InChI=1S/C23H27NOS/c1-4-5-16-22-23(26-21-14-10-7-11-15-21)18(2)19(3)24(22)25-17-20-12-8-6-9-13-20/h6-15H,4-5,16-17H2,1-3H3. The number of benzene rings is 2. The molecule has 0 saturated carbocycles. The van der Waals surface area contributed by atoms with Crippen molar-refractivity contribution in [3.63, 3.8) is 0 Å². The van der Waals surface area contributed by atoms with Crippen LogP contribution in [0.25, 0.3) is 0 Å². The summed E-state index contributed by atoms with van der Waals surface area (Å²) in [7, 11) is 0. The van der Waals surface area contributed by atoms with Gasteiger partial charge in [0.25, 0.3) is 0 Å². The molecule has 0 aliphatic carbocycles. The van der Waals surface area contributed by atoms with Crippen LogP contribution >= 0.6 is 11.8 Å². The van der Waals surface area contributed by atoms with E-state index in [4.69, 9.17) is 4.84 Å². The molecule has 1 heterocycles. The van der Waals surface area contributed by atoms with E-state index in [0.717, 1.165) is 6.42 Å². The Hall–Kier alpha value is -2.13. The van der Waals surface area contributed by atoms with E-state index in [0.29, 0.717) is 6.61 Å². The first-order chi connectivity index (χ1) is 12.7. The lowest BCUT2D eigenvalue weighted by Gasteiger charge is -2.14. The van der Waals surface area contributed by atoms with Gasteiger partial charge in [-0.1, -0.05) is 73.6 Å². The highest BCUT2D eigenvalue weighted by Gasteiger charge is 2.19. The molecule has 0 N–H and O–H groups in total. The number of unbranched alkanes of at least 4 members (excludes halogenated alkanes) is 1. The number of rotatable bonds is 8. The zero-order chi connectivity index (χ0) is 18.4. The Morgan fingerprint density at radius 1 is 0.923 bits per heavy atom. The first kappa shape index (κ1) is 18.7. The van der Waals surface area contributed by atoms with Gasteiger partial charge in [0.1, 0.15) is 6.61 Å². The molecule has 3 aromatic rings. The second-order valence-corrected chi connectivity index (χ2v) is 7.64. The van der Waals surface area contributed by atoms with Gasteiger partial charge in [0, 0.05) is 9.79 Å². The molecule has 0 bridgehead atoms. The fourth-order valence-electron chi connectivity index (χ4n) is 3.02. The summed E-state index contributed by atoms with van der Waals surface area (Å²) in [6.45, 7) is 7.19. The predicted octanol–water partition coefficient (Wildman–Crippen LogP) is 6.23. The first-order valence-electron chi connectivity index (χ1n) is 9.31. The average molecular weight is 366 g/mol. The second-order valence-electron chi connectivity index (χ2n) is 6.56.